The number of rotatable bonds is 5. The third-order valence-corrected chi connectivity index (χ3v) is 2.95. The number of benzene rings is 1. The summed E-state index contributed by atoms with van der Waals surface area (Å²) in [6.07, 6.45) is -0.193. The van der Waals surface area contributed by atoms with Gasteiger partial charge >= 0.3 is 0 Å². The van der Waals surface area contributed by atoms with Gasteiger partial charge in [0.05, 0.1) is 11.6 Å². The molecule has 98 valence electrons. The lowest BCUT2D eigenvalue weighted by Gasteiger charge is -2.18. The molecule has 0 aliphatic heterocycles. The van der Waals surface area contributed by atoms with Crippen LogP contribution >= 0.6 is 0 Å². The van der Waals surface area contributed by atoms with Crippen LogP contribution in [-0.2, 0) is 0 Å². The molecule has 2 N–H and O–H groups in total. The molecular weight excluding hydrogens is 244 g/mol. The molecule has 0 aliphatic carbocycles. The number of nitrogens with zero attached hydrogens (tertiary/aromatic N) is 4. The Labute approximate surface area is 110 Å². The van der Waals surface area contributed by atoms with Gasteiger partial charge in [-0.15, -0.1) is 0 Å². The maximum absolute atomic E-state index is 10.2. The smallest absolute Gasteiger partial charge is 0.106 e. The van der Waals surface area contributed by atoms with Crippen molar-refractivity contribution in [3.05, 3.63) is 52.5 Å². The van der Waals surface area contributed by atoms with Crippen molar-refractivity contribution in [3.63, 3.8) is 0 Å². The van der Waals surface area contributed by atoms with Gasteiger partial charge in [-0.2, -0.15) is 0 Å². The lowest BCUT2D eigenvalue weighted by molar-refractivity contribution is 0.0159. The first kappa shape index (κ1) is 13.3. The molecule has 1 aromatic heterocycles. The number of hydrogen-bond donors (Lipinski definition) is 2. The second kappa shape index (κ2) is 6.15. The molecule has 1 aromatic carbocycles. The Morgan fingerprint density at radius 3 is 2.84 bits per heavy atom. The van der Waals surface area contributed by atoms with Crippen LogP contribution in [0.15, 0.2) is 41.6 Å². The van der Waals surface area contributed by atoms with E-state index in [1.807, 2.05) is 24.3 Å². The Morgan fingerprint density at radius 2 is 2.05 bits per heavy atom. The van der Waals surface area contributed by atoms with Crippen LogP contribution in [0.3, 0.4) is 0 Å². The molecule has 0 spiro atoms. The van der Waals surface area contributed by atoms with Gasteiger partial charge in [0, 0.05) is 23.0 Å². The zero-order valence-electron chi connectivity index (χ0n) is 10.2. The largest absolute Gasteiger partial charge is 0.390 e. The standard InChI is InChI=1S/C13H14N4O2/c14-17-16-8-6-12(18)13(19)10-5-7-15-11-4-2-1-3-9(10)11/h1-5,7,12-13,18-19H,6,8H2. The van der Waals surface area contributed by atoms with E-state index >= 15 is 0 Å². The number of aromatic nitrogens is 1. The van der Waals surface area contributed by atoms with E-state index in [-0.39, 0.29) is 13.0 Å². The lowest BCUT2D eigenvalue weighted by atomic mass is 9.99. The summed E-state index contributed by atoms with van der Waals surface area (Å²) in [6, 6.07) is 9.10. The minimum atomic E-state index is -1.03. The number of para-hydroxylation sites is 1. The van der Waals surface area contributed by atoms with Crippen LogP contribution < -0.4 is 0 Å². The van der Waals surface area contributed by atoms with Crippen molar-refractivity contribution in [2.24, 2.45) is 5.11 Å². The highest BCUT2D eigenvalue weighted by atomic mass is 16.3. The number of aliphatic hydroxyl groups is 2. The minimum Gasteiger partial charge on any atom is -0.390 e. The van der Waals surface area contributed by atoms with Gasteiger partial charge in [0.15, 0.2) is 0 Å². The van der Waals surface area contributed by atoms with Crippen LogP contribution in [0.4, 0.5) is 0 Å². The average Bonchev–Trinajstić information content (AvgIpc) is 2.46. The average molecular weight is 258 g/mol. The van der Waals surface area contributed by atoms with E-state index in [1.54, 1.807) is 12.3 Å². The fraction of sp³-hybridized carbons (Fsp3) is 0.308. The van der Waals surface area contributed by atoms with Crippen LogP contribution in [0.5, 0.6) is 0 Å². The first-order chi connectivity index (χ1) is 9.24. The summed E-state index contributed by atoms with van der Waals surface area (Å²) in [5.74, 6) is 0. The Kier molecular flexibility index (Phi) is 4.30. The fourth-order valence-corrected chi connectivity index (χ4v) is 1.98. The van der Waals surface area contributed by atoms with E-state index in [0.717, 1.165) is 10.9 Å². The molecule has 6 heteroatoms. The number of pyridine rings is 1. The van der Waals surface area contributed by atoms with E-state index in [2.05, 4.69) is 15.0 Å². The summed E-state index contributed by atoms with van der Waals surface area (Å²) >= 11 is 0. The van der Waals surface area contributed by atoms with Crippen molar-refractivity contribution in [1.82, 2.24) is 4.98 Å². The Morgan fingerprint density at radius 1 is 1.26 bits per heavy atom. The molecule has 0 aliphatic rings. The number of hydrogen-bond acceptors (Lipinski definition) is 4. The van der Waals surface area contributed by atoms with Gasteiger partial charge in [-0.3, -0.25) is 4.98 Å². The van der Waals surface area contributed by atoms with Gasteiger partial charge in [-0.25, -0.2) is 0 Å². The number of fused-ring (bicyclic) bond motifs is 1. The Hall–Kier alpha value is -2.14. The van der Waals surface area contributed by atoms with Gasteiger partial charge in [0.25, 0.3) is 0 Å². The van der Waals surface area contributed by atoms with E-state index in [0.29, 0.717) is 5.56 Å². The second-order valence-corrected chi connectivity index (χ2v) is 4.17. The summed E-state index contributed by atoms with van der Waals surface area (Å²) in [5.41, 5.74) is 9.57. The summed E-state index contributed by atoms with van der Waals surface area (Å²) < 4.78 is 0. The molecule has 19 heavy (non-hydrogen) atoms. The van der Waals surface area contributed by atoms with Crippen molar-refractivity contribution < 1.29 is 10.2 Å². The lowest BCUT2D eigenvalue weighted by Crippen LogP contribution is -2.19. The first-order valence-corrected chi connectivity index (χ1v) is 5.94. The van der Waals surface area contributed by atoms with E-state index in [9.17, 15) is 10.2 Å². The molecule has 0 fully saturated rings. The molecule has 2 rings (SSSR count). The monoisotopic (exact) mass is 258 g/mol. The number of azide groups is 1. The van der Waals surface area contributed by atoms with Crippen molar-refractivity contribution in [1.29, 1.82) is 0 Å². The predicted octanol–water partition coefficient (Wildman–Crippen LogP) is 2.33. The maximum Gasteiger partial charge on any atom is 0.106 e. The normalized spacial score (nSPS) is 13.8. The summed E-state index contributed by atoms with van der Waals surface area (Å²) in [4.78, 5) is 6.81. The molecule has 2 unspecified atom stereocenters. The molecule has 0 saturated carbocycles. The van der Waals surface area contributed by atoms with E-state index in [1.165, 1.54) is 0 Å². The number of aliphatic hydroxyl groups excluding tert-OH is 2. The highest BCUT2D eigenvalue weighted by Crippen LogP contribution is 2.25. The second-order valence-electron chi connectivity index (χ2n) is 4.17. The maximum atomic E-state index is 10.2. The zero-order valence-corrected chi connectivity index (χ0v) is 10.2. The first-order valence-electron chi connectivity index (χ1n) is 5.94. The molecule has 6 nitrogen and oxygen atoms in total. The van der Waals surface area contributed by atoms with E-state index in [4.69, 9.17) is 5.53 Å². The van der Waals surface area contributed by atoms with Crippen LogP contribution in [0.25, 0.3) is 21.3 Å². The minimum absolute atomic E-state index is 0.151. The molecule has 1 heterocycles. The quantitative estimate of drug-likeness (QED) is 0.488. The molecule has 0 radical (unpaired) electrons. The van der Waals surface area contributed by atoms with Gasteiger partial charge in [-0.05, 0) is 29.6 Å². The molecular formula is C13H14N4O2. The topological polar surface area (TPSA) is 102 Å². The van der Waals surface area contributed by atoms with E-state index < -0.39 is 12.2 Å². The highest BCUT2D eigenvalue weighted by molar-refractivity contribution is 5.82. The Bertz CT molecular complexity index is 605. The summed E-state index contributed by atoms with van der Waals surface area (Å²) in [6.45, 7) is 0.151. The molecule has 0 bridgehead atoms. The SMILES string of the molecule is [N-]=[N+]=NCCC(O)C(O)c1ccnc2ccccc12. The molecule has 2 aromatic rings. The van der Waals surface area contributed by atoms with Crippen molar-refractivity contribution in [2.45, 2.75) is 18.6 Å². The van der Waals surface area contributed by atoms with Gasteiger partial charge in [0.1, 0.15) is 6.10 Å². The van der Waals surface area contributed by atoms with Crippen LogP contribution in [0.2, 0.25) is 0 Å². The third kappa shape index (κ3) is 3.00. The third-order valence-electron chi connectivity index (χ3n) is 2.95. The predicted molar refractivity (Wildman–Crippen MR) is 71.3 cm³/mol. The summed E-state index contributed by atoms with van der Waals surface area (Å²) in [5, 5.41) is 24.2. The molecule has 0 saturated heterocycles. The summed E-state index contributed by atoms with van der Waals surface area (Å²) in [7, 11) is 0. The fourth-order valence-electron chi connectivity index (χ4n) is 1.98. The van der Waals surface area contributed by atoms with Gasteiger partial charge < -0.3 is 10.2 Å². The van der Waals surface area contributed by atoms with Crippen LogP contribution in [0.1, 0.15) is 18.1 Å². The van der Waals surface area contributed by atoms with Gasteiger partial charge in [-0.1, -0.05) is 23.3 Å². The van der Waals surface area contributed by atoms with Crippen molar-refractivity contribution in [2.75, 3.05) is 6.54 Å². The van der Waals surface area contributed by atoms with Crippen molar-refractivity contribution >= 4 is 10.9 Å². The Balaban J connectivity index is 2.25. The molecule has 0 amide bonds. The molecule has 2 atom stereocenters. The highest BCUT2D eigenvalue weighted by Gasteiger charge is 2.19. The zero-order chi connectivity index (χ0) is 13.7. The van der Waals surface area contributed by atoms with Crippen LogP contribution in [-0.4, -0.2) is 27.8 Å². The van der Waals surface area contributed by atoms with Crippen molar-refractivity contribution in [3.8, 4) is 0 Å². The van der Waals surface area contributed by atoms with Gasteiger partial charge in [0.2, 0.25) is 0 Å². The van der Waals surface area contributed by atoms with Crippen LogP contribution in [0, 0.1) is 0 Å².